The number of esters is 1. The summed E-state index contributed by atoms with van der Waals surface area (Å²) >= 11 is 16.9. The Morgan fingerprint density at radius 1 is 1.15 bits per heavy atom. The lowest BCUT2D eigenvalue weighted by Crippen LogP contribution is -2.19. The maximum absolute atomic E-state index is 12.0. The third-order valence-corrected chi connectivity index (χ3v) is 5.78. The molecule has 0 unspecified atom stereocenters. The average molecular weight is 489 g/mol. The highest BCUT2D eigenvalue weighted by atomic mass is 79.9. The van der Waals surface area contributed by atoms with Crippen molar-refractivity contribution >= 4 is 73.1 Å². The number of thiophene rings is 1. The minimum Gasteiger partial charge on any atom is -0.478 e. The Morgan fingerprint density at radius 3 is 2.63 bits per heavy atom. The SMILES string of the molecule is Cc1ccc2c(Cl)cc(Cl)c(OCC(=O)OCC(=O)c3ccc(Br)s3)c2n1. The fourth-order valence-electron chi connectivity index (χ4n) is 2.28. The average Bonchev–Trinajstić information content (AvgIpc) is 3.05. The normalized spacial score (nSPS) is 10.8. The second-order valence-corrected chi connectivity index (χ2v) is 8.77. The van der Waals surface area contributed by atoms with Crippen molar-refractivity contribution in [2.45, 2.75) is 6.92 Å². The van der Waals surface area contributed by atoms with Gasteiger partial charge in [-0.15, -0.1) is 11.3 Å². The molecule has 3 aromatic rings. The maximum Gasteiger partial charge on any atom is 0.344 e. The van der Waals surface area contributed by atoms with Gasteiger partial charge in [-0.05, 0) is 53.2 Å². The van der Waals surface area contributed by atoms with E-state index in [0.29, 0.717) is 20.8 Å². The maximum atomic E-state index is 12.0. The molecule has 0 N–H and O–H groups in total. The van der Waals surface area contributed by atoms with Gasteiger partial charge >= 0.3 is 5.97 Å². The summed E-state index contributed by atoms with van der Waals surface area (Å²) in [4.78, 5) is 28.8. The largest absolute Gasteiger partial charge is 0.478 e. The molecule has 0 amide bonds. The molecule has 140 valence electrons. The molecule has 2 heterocycles. The molecule has 0 saturated carbocycles. The molecular weight excluding hydrogens is 477 g/mol. The Kier molecular flexibility index (Phi) is 6.37. The second kappa shape index (κ2) is 8.56. The Morgan fingerprint density at radius 2 is 1.93 bits per heavy atom. The van der Waals surface area contributed by atoms with Gasteiger partial charge < -0.3 is 9.47 Å². The molecule has 1 aromatic carbocycles. The molecule has 2 aromatic heterocycles. The van der Waals surface area contributed by atoms with Gasteiger partial charge in [0, 0.05) is 11.1 Å². The number of carbonyl (C=O) groups is 2. The number of benzene rings is 1. The van der Waals surface area contributed by atoms with Gasteiger partial charge in [-0.2, -0.15) is 0 Å². The van der Waals surface area contributed by atoms with Crippen LogP contribution >= 0.6 is 50.5 Å². The first-order valence-corrected chi connectivity index (χ1v) is 10.0. The molecule has 0 saturated heterocycles. The van der Waals surface area contributed by atoms with Crippen molar-refractivity contribution in [1.82, 2.24) is 4.98 Å². The number of rotatable bonds is 6. The number of halogens is 3. The third-order valence-electron chi connectivity index (χ3n) is 3.52. The van der Waals surface area contributed by atoms with E-state index < -0.39 is 12.6 Å². The van der Waals surface area contributed by atoms with Crippen molar-refractivity contribution in [2.24, 2.45) is 0 Å². The Hall–Kier alpha value is -1.67. The van der Waals surface area contributed by atoms with Crippen molar-refractivity contribution in [3.63, 3.8) is 0 Å². The number of fused-ring (bicyclic) bond motifs is 1. The van der Waals surface area contributed by atoms with E-state index in [0.717, 1.165) is 9.48 Å². The fraction of sp³-hybridized carbons (Fsp3) is 0.167. The lowest BCUT2D eigenvalue weighted by atomic mass is 10.2. The topological polar surface area (TPSA) is 65.5 Å². The van der Waals surface area contributed by atoms with Crippen LogP contribution in [0.4, 0.5) is 0 Å². The van der Waals surface area contributed by atoms with Crippen LogP contribution in [0.25, 0.3) is 10.9 Å². The van der Waals surface area contributed by atoms with Crippen molar-refractivity contribution in [1.29, 1.82) is 0 Å². The smallest absolute Gasteiger partial charge is 0.344 e. The van der Waals surface area contributed by atoms with Gasteiger partial charge in [0.25, 0.3) is 0 Å². The Bertz CT molecular complexity index is 1040. The number of pyridine rings is 1. The predicted molar refractivity (Wildman–Crippen MR) is 109 cm³/mol. The van der Waals surface area contributed by atoms with Crippen LogP contribution in [0.1, 0.15) is 15.4 Å². The lowest BCUT2D eigenvalue weighted by molar-refractivity contribution is -0.144. The monoisotopic (exact) mass is 487 g/mol. The molecule has 5 nitrogen and oxygen atoms in total. The Balaban J connectivity index is 1.67. The van der Waals surface area contributed by atoms with E-state index in [1.807, 2.05) is 13.0 Å². The molecule has 27 heavy (non-hydrogen) atoms. The van der Waals surface area contributed by atoms with Crippen molar-refractivity contribution in [3.05, 3.63) is 54.7 Å². The van der Waals surface area contributed by atoms with Crippen LogP contribution in [0.3, 0.4) is 0 Å². The highest BCUT2D eigenvalue weighted by molar-refractivity contribution is 9.11. The third kappa shape index (κ3) is 4.79. The zero-order valence-corrected chi connectivity index (χ0v) is 17.8. The van der Waals surface area contributed by atoms with Crippen LogP contribution in [-0.2, 0) is 9.53 Å². The summed E-state index contributed by atoms with van der Waals surface area (Å²) in [5.74, 6) is -0.734. The second-order valence-electron chi connectivity index (χ2n) is 5.49. The van der Waals surface area contributed by atoms with E-state index in [1.165, 1.54) is 17.4 Å². The van der Waals surface area contributed by atoms with Crippen LogP contribution in [0.2, 0.25) is 10.0 Å². The van der Waals surface area contributed by atoms with Gasteiger partial charge in [-0.25, -0.2) is 9.78 Å². The first-order chi connectivity index (χ1) is 12.8. The summed E-state index contributed by atoms with van der Waals surface area (Å²) in [7, 11) is 0. The molecule has 0 aliphatic rings. The van der Waals surface area contributed by atoms with Gasteiger partial charge in [-0.1, -0.05) is 23.2 Å². The van der Waals surface area contributed by atoms with E-state index in [9.17, 15) is 9.59 Å². The number of hydrogen-bond donors (Lipinski definition) is 0. The molecule has 0 atom stereocenters. The molecule has 9 heteroatoms. The molecule has 0 fully saturated rings. The number of aromatic nitrogens is 1. The number of Topliss-reactive ketones (excluding diaryl/α,β-unsaturated/α-hetero) is 1. The minimum absolute atomic E-state index is 0.234. The van der Waals surface area contributed by atoms with Crippen molar-refractivity contribution < 1.29 is 19.1 Å². The van der Waals surface area contributed by atoms with E-state index in [4.69, 9.17) is 32.7 Å². The molecule has 0 bridgehead atoms. The molecule has 0 aliphatic heterocycles. The van der Waals surface area contributed by atoms with Gasteiger partial charge in [0.15, 0.2) is 19.0 Å². The summed E-state index contributed by atoms with van der Waals surface area (Å²) in [6.45, 7) is 1.05. The summed E-state index contributed by atoms with van der Waals surface area (Å²) in [6, 6.07) is 8.57. The van der Waals surface area contributed by atoms with Crippen LogP contribution in [0.5, 0.6) is 5.75 Å². The quantitative estimate of drug-likeness (QED) is 0.339. The van der Waals surface area contributed by atoms with Crippen molar-refractivity contribution in [3.8, 4) is 5.75 Å². The molecular formula is C18H12BrCl2NO4S. The van der Waals surface area contributed by atoms with Crippen LogP contribution in [-0.4, -0.2) is 30.0 Å². The van der Waals surface area contributed by atoms with E-state index >= 15 is 0 Å². The van der Waals surface area contributed by atoms with E-state index in [2.05, 4.69) is 20.9 Å². The molecule has 0 radical (unpaired) electrons. The van der Waals surface area contributed by atoms with Gasteiger partial charge in [-0.3, -0.25) is 4.79 Å². The number of hydrogen-bond acceptors (Lipinski definition) is 6. The zero-order valence-electron chi connectivity index (χ0n) is 13.9. The Labute approximate surface area is 177 Å². The lowest BCUT2D eigenvalue weighted by Gasteiger charge is -2.12. The zero-order chi connectivity index (χ0) is 19.6. The van der Waals surface area contributed by atoms with Crippen molar-refractivity contribution in [2.75, 3.05) is 13.2 Å². The number of ketones is 1. The first-order valence-electron chi connectivity index (χ1n) is 7.67. The number of ether oxygens (including phenoxy) is 2. The van der Waals surface area contributed by atoms with Crippen LogP contribution in [0, 0.1) is 6.92 Å². The summed E-state index contributed by atoms with van der Waals surface area (Å²) < 4.78 is 11.3. The van der Waals surface area contributed by atoms with Crippen LogP contribution in [0.15, 0.2) is 34.1 Å². The highest BCUT2D eigenvalue weighted by Crippen LogP contribution is 2.37. The summed E-state index contributed by atoms with van der Waals surface area (Å²) in [6.07, 6.45) is 0. The minimum atomic E-state index is -0.689. The fourth-order valence-corrected chi connectivity index (χ4v) is 4.16. The molecule has 3 rings (SSSR count). The van der Waals surface area contributed by atoms with Gasteiger partial charge in [0.1, 0.15) is 5.52 Å². The molecule has 0 spiro atoms. The number of nitrogens with zero attached hydrogens (tertiary/aromatic N) is 1. The number of carbonyl (C=O) groups excluding carboxylic acids is 2. The van der Waals surface area contributed by atoms with Gasteiger partial charge in [0.2, 0.25) is 5.78 Å². The summed E-state index contributed by atoms with van der Waals surface area (Å²) in [5, 5.41) is 1.33. The highest BCUT2D eigenvalue weighted by Gasteiger charge is 2.16. The number of aryl methyl sites for hydroxylation is 1. The van der Waals surface area contributed by atoms with Crippen LogP contribution < -0.4 is 4.74 Å². The summed E-state index contributed by atoms with van der Waals surface area (Å²) in [5.41, 5.74) is 1.21. The van der Waals surface area contributed by atoms with Gasteiger partial charge in [0.05, 0.1) is 18.7 Å². The van der Waals surface area contributed by atoms with E-state index in [-0.39, 0.29) is 23.2 Å². The molecule has 0 aliphatic carbocycles. The first kappa shape index (κ1) is 20.1. The predicted octanol–water partition coefficient (Wildman–Crippen LogP) is 5.48. The van der Waals surface area contributed by atoms with E-state index in [1.54, 1.807) is 18.2 Å². The standard InChI is InChI=1S/C18H12BrCl2NO4S/c1-9-2-3-10-11(20)6-12(21)18(17(10)22-9)26-8-16(24)25-7-13(23)14-4-5-15(19)27-14/h2-6H,7-8H2,1H3.